The standard InChI is InChI=1S/C16H20N2O2/c1-16(8-3-2-4-9-16)15(20)18-14-12-13(6-5-11-19)7-10-17-14/h7,10,12,19H,2-4,8-9,11H2,1H3,(H,17,18,20). The molecule has 0 saturated heterocycles. The van der Waals surface area contributed by atoms with Crippen LogP contribution in [-0.2, 0) is 4.79 Å². The summed E-state index contributed by atoms with van der Waals surface area (Å²) in [5, 5.41) is 11.6. The van der Waals surface area contributed by atoms with Crippen LogP contribution in [0.25, 0.3) is 0 Å². The van der Waals surface area contributed by atoms with Crippen LogP contribution < -0.4 is 5.32 Å². The highest BCUT2D eigenvalue weighted by Crippen LogP contribution is 2.36. The van der Waals surface area contributed by atoms with Crippen molar-refractivity contribution < 1.29 is 9.90 Å². The smallest absolute Gasteiger partial charge is 0.231 e. The van der Waals surface area contributed by atoms with Crippen molar-refractivity contribution in [3.63, 3.8) is 0 Å². The van der Waals surface area contributed by atoms with Crippen LogP contribution >= 0.6 is 0 Å². The first kappa shape index (κ1) is 14.5. The van der Waals surface area contributed by atoms with Gasteiger partial charge in [0.25, 0.3) is 0 Å². The molecule has 106 valence electrons. The van der Waals surface area contributed by atoms with Gasteiger partial charge in [0.1, 0.15) is 12.4 Å². The van der Waals surface area contributed by atoms with Gasteiger partial charge in [-0.3, -0.25) is 4.79 Å². The van der Waals surface area contributed by atoms with Crippen molar-refractivity contribution >= 4 is 11.7 Å². The van der Waals surface area contributed by atoms with Gasteiger partial charge in [-0.2, -0.15) is 0 Å². The first-order valence-corrected chi connectivity index (χ1v) is 7.01. The minimum absolute atomic E-state index is 0.0389. The predicted molar refractivity (Wildman–Crippen MR) is 78.0 cm³/mol. The maximum absolute atomic E-state index is 12.4. The summed E-state index contributed by atoms with van der Waals surface area (Å²) in [7, 11) is 0. The van der Waals surface area contributed by atoms with Crippen molar-refractivity contribution in [1.82, 2.24) is 4.98 Å². The van der Waals surface area contributed by atoms with E-state index in [-0.39, 0.29) is 17.9 Å². The Hall–Kier alpha value is -1.86. The van der Waals surface area contributed by atoms with Gasteiger partial charge in [-0.15, -0.1) is 0 Å². The number of aliphatic hydroxyl groups excluding tert-OH is 1. The third kappa shape index (κ3) is 3.58. The first-order chi connectivity index (χ1) is 9.64. The molecule has 0 aliphatic heterocycles. The number of aliphatic hydroxyl groups is 1. The number of anilines is 1. The Labute approximate surface area is 119 Å². The number of carbonyl (C=O) groups is 1. The molecule has 0 aromatic carbocycles. The maximum atomic E-state index is 12.4. The van der Waals surface area contributed by atoms with E-state index in [1.165, 1.54) is 6.42 Å². The summed E-state index contributed by atoms with van der Waals surface area (Å²) in [6, 6.07) is 3.48. The lowest BCUT2D eigenvalue weighted by Gasteiger charge is -2.31. The molecular weight excluding hydrogens is 252 g/mol. The molecule has 4 nitrogen and oxygen atoms in total. The van der Waals surface area contributed by atoms with Crippen molar-refractivity contribution in [3.8, 4) is 11.8 Å². The van der Waals surface area contributed by atoms with Crippen molar-refractivity contribution in [1.29, 1.82) is 0 Å². The van der Waals surface area contributed by atoms with Gasteiger partial charge in [0.05, 0.1) is 0 Å². The third-order valence-electron chi connectivity index (χ3n) is 3.82. The Kier molecular flexibility index (Phi) is 4.75. The van der Waals surface area contributed by atoms with Crippen LogP contribution in [0.1, 0.15) is 44.6 Å². The number of carbonyl (C=O) groups excluding carboxylic acids is 1. The maximum Gasteiger partial charge on any atom is 0.231 e. The topological polar surface area (TPSA) is 62.2 Å². The zero-order valence-electron chi connectivity index (χ0n) is 11.8. The number of nitrogens with one attached hydrogen (secondary N) is 1. The highest BCUT2D eigenvalue weighted by molar-refractivity contribution is 5.94. The normalized spacial score (nSPS) is 16.9. The molecule has 0 radical (unpaired) electrons. The first-order valence-electron chi connectivity index (χ1n) is 7.01. The van der Waals surface area contributed by atoms with E-state index in [1.807, 2.05) is 6.92 Å². The van der Waals surface area contributed by atoms with E-state index in [4.69, 9.17) is 5.11 Å². The number of hydrogen-bond donors (Lipinski definition) is 2. The summed E-state index contributed by atoms with van der Waals surface area (Å²) in [5.41, 5.74) is 0.449. The second-order valence-electron chi connectivity index (χ2n) is 5.47. The van der Waals surface area contributed by atoms with Crippen LogP contribution in [0.2, 0.25) is 0 Å². The van der Waals surface area contributed by atoms with Crippen LogP contribution in [0.4, 0.5) is 5.82 Å². The molecule has 0 bridgehead atoms. The molecule has 20 heavy (non-hydrogen) atoms. The Morgan fingerprint density at radius 1 is 1.45 bits per heavy atom. The van der Waals surface area contributed by atoms with Crippen molar-refractivity contribution in [2.24, 2.45) is 5.41 Å². The lowest BCUT2D eigenvalue weighted by Crippen LogP contribution is -2.35. The second kappa shape index (κ2) is 6.53. The van der Waals surface area contributed by atoms with Gasteiger partial charge in [-0.05, 0) is 25.0 Å². The van der Waals surface area contributed by atoms with Crippen LogP contribution in [0.3, 0.4) is 0 Å². The van der Waals surface area contributed by atoms with Gasteiger partial charge >= 0.3 is 0 Å². The number of rotatable bonds is 2. The van der Waals surface area contributed by atoms with E-state index in [2.05, 4.69) is 22.1 Å². The van der Waals surface area contributed by atoms with Gasteiger partial charge < -0.3 is 10.4 Å². The average Bonchev–Trinajstić information content (AvgIpc) is 2.46. The second-order valence-corrected chi connectivity index (χ2v) is 5.47. The van der Waals surface area contributed by atoms with Gasteiger partial charge in [-0.25, -0.2) is 4.98 Å². The fraction of sp³-hybridized carbons (Fsp3) is 0.500. The summed E-state index contributed by atoms with van der Waals surface area (Å²) in [4.78, 5) is 16.5. The largest absolute Gasteiger partial charge is 0.384 e. The Morgan fingerprint density at radius 3 is 2.90 bits per heavy atom. The minimum atomic E-state index is -0.285. The number of nitrogens with zero attached hydrogens (tertiary/aromatic N) is 1. The molecule has 0 unspecified atom stereocenters. The zero-order chi connectivity index (χ0) is 14.4. The highest BCUT2D eigenvalue weighted by atomic mass is 16.2. The highest BCUT2D eigenvalue weighted by Gasteiger charge is 2.34. The van der Waals surface area contributed by atoms with E-state index < -0.39 is 0 Å². The van der Waals surface area contributed by atoms with Crippen LogP contribution in [0, 0.1) is 17.3 Å². The molecule has 1 amide bonds. The molecule has 0 atom stereocenters. The van der Waals surface area contributed by atoms with Crippen molar-refractivity contribution in [2.45, 2.75) is 39.0 Å². The quantitative estimate of drug-likeness (QED) is 0.812. The van der Waals surface area contributed by atoms with E-state index in [0.29, 0.717) is 5.82 Å². The Morgan fingerprint density at radius 2 is 2.20 bits per heavy atom. The van der Waals surface area contributed by atoms with Crippen molar-refractivity contribution in [2.75, 3.05) is 11.9 Å². The number of aromatic nitrogens is 1. The SMILES string of the molecule is CC1(C(=O)Nc2cc(C#CCO)ccn2)CCCCC1. The van der Waals surface area contributed by atoms with Gasteiger partial charge in [0.2, 0.25) is 5.91 Å². The fourth-order valence-electron chi connectivity index (χ4n) is 2.54. The number of hydrogen-bond acceptors (Lipinski definition) is 3. The molecule has 1 aliphatic carbocycles. The van der Waals surface area contributed by atoms with Gasteiger partial charge in [-0.1, -0.05) is 38.0 Å². The summed E-state index contributed by atoms with van der Waals surface area (Å²) in [6.45, 7) is 1.85. The Balaban J connectivity index is 2.07. The molecule has 2 rings (SSSR count). The van der Waals surface area contributed by atoms with Crippen LogP contribution in [0.15, 0.2) is 18.3 Å². The fourth-order valence-corrected chi connectivity index (χ4v) is 2.54. The molecule has 1 fully saturated rings. The zero-order valence-corrected chi connectivity index (χ0v) is 11.8. The molecule has 2 N–H and O–H groups in total. The molecule has 1 aromatic heterocycles. The molecule has 0 spiro atoms. The van der Waals surface area contributed by atoms with Crippen LogP contribution in [0.5, 0.6) is 0 Å². The van der Waals surface area contributed by atoms with Gasteiger partial charge in [0, 0.05) is 17.2 Å². The lowest BCUT2D eigenvalue weighted by molar-refractivity contribution is -0.126. The summed E-state index contributed by atoms with van der Waals surface area (Å²) in [6.07, 6.45) is 6.91. The molecule has 1 heterocycles. The minimum Gasteiger partial charge on any atom is -0.384 e. The predicted octanol–water partition coefficient (Wildman–Crippen LogP) is 2.33. The number of pyridine rings is 1. The monoisotopic (exact) mass is 272 g/mol. The van der Waals surface area contributed by atoms with E-state index in [1.54, 1.807) is 18.3 Å². The lowest BCUT2D eigenvalue weighted by atomic mass is 9.75. The van der Waals surface area contributed by atoms with Crippen LogP contribution in [-0.4, -0.2) is 22.6 Å². The average molecular weight is 272 g/mol. The summed E-state index contributed by atoms with van der Waals surface area (Å²) >= 11 is 0. The molecule has 1 aliphatic rings. The summed E-state index contributed by atoms with van der Waals surface area (Å²) in [5.74, 6) is 5.95. The molecule has 4 heteroatoms. The molecule has 1 aromatic rings. The van der Waals surface area contributed by atoms with E-state index in [9.17, 15) is 4.79 Å². The third-order valence-corrected chi connectivity index (χ3v) is 3.82. The Bertz CT molecular complexity index is 537. The number of amides is 1. The van der Waals surface area contributed by atoms with Gasteiger partial charge in [0.15, 0.2) is 0 Å². The van der Waals surface area contributed by atoms with E-state index in [0.717, 1.165) is 31.2 Å². The molecular formula is C16H20N2O2. The summed E-state index contributed by atoms with van der Waals surface area (Å²) < 4.78 is 0. The van der Waals surface area contributed by atoms with Crippen molar-refractivity contribution in [3.05, 3.63) is 23.9 Å². The molecule has 1 saturated carbocycles. The van der Waals surface area contributed by atoms with E-state index >= 15 is 0 Å².